The predicted octanol–water partition coefficient (Wildman–Crippen LogP) is 2.87. The molecule has 0 bridgehead atoms. The molecule has 0 aliphatic heterocycles. The third-order valence-corrected chi connectivity index (χ3v) is 4.20. The first-order valence-corrected chi connectivity index (χ1v) is 8.16. The quantitative estimate of drug-likeness (QED) is 0.929. The summed E-state index contributed by atoms with van der Waals surface area (Å²) in [7, 11) is 1.91. The molecule has 1 atom stereocenters. The summed E-state index contributed by atoms with van der Waals surface area (Å²) < 4.78 is 0. The van der Waals surface area contributed by atoms with Gasteiger partial charge in [-0.25, -0.2) is 9.97 Å². The van der Waals surface area contributed by atoms with Crippen LogP contribution in [0.5, 0.6) is 0 Å². The minimum atomic E-state index is -0.273. The van der Waals surface area contributed by atoms with Crippen LogP contribution < -0.4 is 10.2 Å². The Morgan fingerprint density at radius 1 is 1.36 bits per heavy atom. The van der Waals surface area contributed by atoms with E-state index in [-0.39, 0.29) is 17.5 Å². The number of aromatic nitrogens is 2. The van der Waals surface area contributed by atoms with Gasteiger partial charge < -0.3 is 10.2 Å². The van der Waals surface area contributed by atoms with Crippen LogP contribution in [-0.4, -0.2) is 34.5 Å². The molecule has 1 aliphatic rings. The maximum atomic E-state index is 12.3. The maximum absolute atomic E-state index is 12.3. The number of likely N-dealkylation sites (N-methyl/N-ethyl adjacent to an activating group) is 1. The smallest absolute Gasteiger partial charge is 0.242 e. The number of hydrogen-bond acceptors (Lipinski definition) is 4. The second-order valence-corrected chi connectivity index (χ2v) is 7.28. The molecule has 1 saturated carbocycles. The molecular weight excluding hydrogens is 276 g/mol. The van der Waals surface area contributed by atoms with E-state index in [1.165, 1.54) is 25.7 Å². The Labute approximate surface area is 133 Å². The molecule has 2 rings (SSSR count). The molecule has 1 aromatic rings. The van der Waals surface area contributed by atoms with E-state index in [1.807, 2.05) is 45.7 Å². The third-order valence-electron chi connectivity index (χ3n) is 4.20. The zero-order valence-electron chi connectivity index (χ0n) is 14.4. The van der Waals surface area contributed by atoms with Crippen LogP contribution >= 0.6 is 0 Å². The summed E-state index contributed by atoms with van der Waals surface area (Å²) in [6.07, 6.45) is 6.68. The van der Waals surface area contributed by atoms with Crippen LogP contribution in [0, 0.1) is 0 Å². The number of anilines is 1. The Morgan fingerprint density at radius 3 is 2.59 bits per heavy atom. The summed E-state index contributed by atoms with van der Waals surface area (Å²) in [5.74, 6) is 2.22. The van der Waals surface area contributed by atoms with Crippen molar-refractivity contribution in [2.45, 2.75) is 70.9 Å². The molecular formula is C17H28N4O. The van der Waals surface area contributed by atoms with Crippen LogP contribution in [0.25, 0.3) is 0 Å². The van der Waals surface area contributed by atoms with Crippen molar-refractivity contribution in [2.24, 2.45) is 0 Å². The first-order chi connectivity index (χ1) is 10.3. The monoisotopic (exact) mass is 304 g/mol. The van der Waals surface area contributed by atoms with Gasteiger partial charge in [0.2, 0.25) is 5.91 Å². The van der Waals surface area contributed by atoms with Gasteiger partial charge in [-0.3, -0.25) is 4.79 Å². The molecule has 0 spiro atoms. The average molecular weight is 304 g/mol. The summed E-state index contributed by atoms with van der Waals surface area (Å²) >= 11 is 0. The van der Waals surface area contributed by atoms with E-state index >= 15 is 0 Å². The number of hydrogen-bond donors (Lipinski definition) is 1. The van der Waals surface area contributed by atoms with Crippen molar-refractivity contribution in [3.8, 4) is 0 Å². The molecule has 1 N–H and O–H groups in total. The molecule has 1 aliphatic carbocycles. The van der Waals surface area contributed by atoms with Crippen molar-refractivity contribution in [1.82, 2.24) is 15.3 Å². The molecule has 0 aromatic carbocycles. The van der Waals surface area contributed by atoms with Crippen molar-refractivity contribution in [2.75, 3.05) is 11.9 Å². The molecule has 0 saturated heterocycles. The Bertz CT molecular complexity index is 518. The molecule has 122 valence electrons. The van der Waals surface area contributed by atoms with Gasteiger partial charge in [-0.15, -0.1) is 0 Å². The van der Waals surface area contributed by atoms with Gasteiger partial charge in [-0.1, -0.05) is 12.8 Å². The number of amides is 1. The average Bonchev–Trinajstić information content (AvgIpc) is 2.98. The highest BCUT2D eigenvalue weighted by atomic mass is 16.2. The van der Waals surface area contributed by atoms with E-state index in [4.69, 9.17) is 0 Å². The van der Waals surface area contributed by atoms with Crippen molar-refractivity contribution < 1.29 is 4.79 Å². The van der Waals surface area contributed by atoms with Crippen LogP contribution in [0.4, 0.5) is 5.82 Å². The molecule has 1 fully saturated rings. The van der Waals surface area contributed by atoms with Crippen molar-refractivity contribution in [3.63, 3.8) is 0 Å². The Morgan fingerprint density at radius 2 is 2.00 bits per heavy atom. The fourth-order valence-corrected chi connectivity index (χ4v) is 2.79. The topological polar surface area (TPSA) is 58.1 Å². The highest BCUT2D eigenvalue weighted by molar-refractivity contribution is 5.84. The molecule has 0 radical (unpaired) electrons. The standard InChI is InChI=1S/C17H28N4O/c1-12(16(22)20-17(2,3)4)21(5)14-10-11-18-15(19-14)13-8-6-7-9-13/h10-13H,6-9H2,1-5H3,(H,20,22)/t12-/m0/s1. The summed E-state index contributed by atoms with van der Waals surface area (Å²) in [5, 5.41) is 3.02. The molecule has 1 aromatic heterocycles. The largest absolute Gasteiger partial charge is 0.350 e. The van der Waals surface area contributed by atoms with Crippen LogP contribution in [0.3, 0.4) is 0 Å². The summed E-state index contributed by atoms with van der Waals surface area (Å²) in [6, 6.07) is 1.60. The van der Waals surface area contributed by atoms with Gasteiger partial charge in [0.15, 0.2) is 0 Å². The van der Waals surface area contributed by atoms with Gasteiger partial charge in [0.05, 0.1) is 0 Å². The molecule has 1 amide bonds. The van der Waals surface area contributed by atoms with Crippen molar-refractivity contribution in [1.29, 1.82) is 0 Å². The number of nitrogens with zero attached hydrogens (tertiary/aromatic N) is 3. The summed E-state index contributed by atoms with van der Waals surface area (Å²) in [4.78, 5) is 23.4. The zero-order chi connectivity index (χ0) is 16.3. The van der Waals surface area contributed by atoms with Gasteiger partial charge in [0.1, 0.15) is 17.7 Å². The van der Waals surface area contributed by atoms with E-state index in [9.17, 15) is 4.79 Å². The van der Waals surface area contributed by atoms with E-state index in [0.29, 0.717) is 5.92 Å². The van der Waals surface area contributed by atoms with Crippen molar-refractivity contribution >= 4 is 11.7 Å². The number of nitrogens with one attached hydrogen (secondary N) is 1. The van der Waals surface area contributed by atoms with E-state index in [0.717, 1.165) is 11.6 Å². The maximum Gasteiger partial charge on any atom is 0.242 e. The van der Waals surface area contributed by atoms with Crippen LogP contribution in [0.1, 0.15) is 65.1 Å². The molecule has 0 unspecified atom stereocenters. The highest BCUT2D eigenvalue weighted by Gasteiger charge is 2.25. The first kappa shape index (κ1) is 16.7. The fraction of sp³-hybridized carbons (Fsp3) is 0.706. The number of rotatable bonds is 4. The Kier molecular flexibility index (Phi) is 5.04. The molecule has 22 heavy (non-hydrogen) atoms. The highest BCUT2D eigenvalue weighted by Crippen LogP contribution is 2.32. The van der Waals surface area contributed by atoms with Crippen molar-refractivity contribution in [3.05, 3.63) is 18.1 Å². The lowest BCUT2D eigenvalue weighted by Crippen LogP contribution is -2.50. The lowest BCUT2D eigenvalue weighted by atomic mass is 10.1. The van der Waals surface area contributed by atoms with E-state index in [2.05, 4.69) is 15.3 Å². The normalized spacial score (nSPS) is 17.3. The van der Waals surface area contributed by atoms with Crippen LogP contribution in [0.2, 0.25) is 0 Å². The van der Waals surface area contributed by atoms with E-state index in [1.54, 1.807) is 6.20 Å². The van der Waals surface area contributed by atoms with E-state index < -0.39 is 0 Å². The SMILES string of the molecule is C[C@@H](C(=O)NC(C)(C)C)N(C)c1ccnc(C2CCCC2)n1. The number of carbonyl (C=O) groups excluding carboxylic acids is 1. The zero-order valence-corrected chi connectivity index (χ0v) is 14.4. The second-order valence-electron chi connectivity index (χ2n) is 7.28. The first-order valence-electron chi connectivity index (χ1n) is 8.16. The molecule has 1 heterocycles. The predicted molar refractivity (Wildman–Crippen MR) is 89.0 cm³/mol. The summed E-state index contributed by atoms with van der Waals surface area (Å²) in [6.45, 7) is 7.86. The summed E-state index contributed by atoms with van der Waals surface area (Å²) in [5.41, 5.74) is -0.229. The van der Waals surface area contributed by atoms with Gasteiger partial charge >= 0.3 is 0 Å². The minimum absolute atomic E-state index is 0.0102. The second kappa shape index (κ2) is 6.63. The van der Waals surface area contributed by atoms with Gasteiger partial charge in [-0.05, 0) is 46.6 Å². The van der Waals surface area contributed by atoms with Gasteiger partial charge in [0.25, 0.3) is 0 Å². The van der Waals surface area contributed by atoms with Gasteiger partial charge in [0, 0.05) is 24.7 Å². The molecule has 5 nitrogen and oxygen atoms in total. The molecule has 5 heteroatoms. The lowest BCUT2D eigenvalue weighted by Gasteiger charge is -2.29. The Hall–Kier alpha value is -1.65. The number of carbonyl (C=O) groups is 1. The third kappa shape index (κ3) is 4.18. The lowest BCUT2D eigenvalue weighted by molar-refractivity contribution is -0.123. The van der Waals surface area contributed by atoms with Crippen LogP contribution in [-0.2, 0) is 4.79 Å². The minimum Gasteiger partial charge on any atom is -0.350 e. The van der Waals surface area contributed by atoms with Gasteiger partial charge in [-0.2, -0.15) is 0 Å². The fourth-order valence-electron chi connectivity index (χ4n) is 2.79. The van der Waals surface area contributed by atoms with Crippen LogP contribution in [0.15, 0.2) is 12.3 Å². The Balaban J connectivity index is 2.09.